The third-order valence-electron chi connectivity index (χ3n) is 3.40. The summed E-state index contributed by atoms with van der Waals surface area (Å²) in [5, 5.41) is 4.17. The Kier molecular flexibility index (Phi) is 5.56. The number of sulfonamides is 1. The molecule has 1 aromatic rings. The van der Waals surface area contributed by atoms with E-state index in [1.165, 1.54) is 4.31 Å². The minimum Gasteiger partial charge on any atom is -0.374 e. The molecule has 1 aromatic heterocycles. The molecule has 1 saturated heterocycles. The highest BCUT2D eigenvalue weighted by atomic mass is 35.5. The predicted molar refractivity (Wildman–Crippen MR) is 77.5 cm³/mol. The topological polar surface area (TPSA) is 90.5 Å². The van der Waals surface area contributed by atoms with Gasteiger partial charge in [-0.15, -0.1) is 12.4 Å². The molecule has 0 radical (unpaired) electrons. The Balaban J connectivity index is 0.00000200. The molecule has 0 bridgehead atoms. The molecule has 0 saturated carbocycles. The molecular formula is C11H21ClN4O3S. The van der Waals surface area contributed by atoms with Crippen molar-refractivity contribution in [1.29, 1.82) is 0 Å². The Morgan fingerprint density at radius 1 is 1.45 bits per heavy atom. The van der Waals surface area contributed by atoms with Crippen molar-refractivity contribution >= 4 is 22.4 Å². The van der Waals surface area contributed by atoms with E-state index in [0.29, 0.717) is 42.5 Å². The highest BCUT2D eigenvalue weighted by molar-refractivity contribution is 7.89. The summed E-state index contributed by atoms with van der Waals surface area (Å²) in [7, 11) is -1.79. The smallest absolute Gasteiger partial charge is 0.246 e. The van der Waals surface area contributed by atoms with Crippen LogP contribution in [0.5, 0.6) is 0 Å². The number of hydrogen-bond donors (Lipinski definition) is 1. The summed E-state index contributed by atoms with van der Waals surface area (Å²) in [5.74, 6) is 0. The Hall–Kier alpha value is -0.670. The number of aromatic nitrogens is 2. The van der Waals surface area contributed by atoms with Crippen LogP contribution in [0.25, 0.3) is 0 Å². The molecule has 1 atom stereocenters. The Morgan fingerprint density at radius 2 is 2.10 bits per heavy atom. The van der Waals surface area contributed by atoms with Crippen molar-refractivity contribution in [1.82, 2.24) is 14.1 Å². The van der Waals surface area contributed by atoms with Crippen LogP contribution in [0, 0.1) is 13.8 Å². The van der Waals surface area contributed by atoms with Gasteiger partial charge in [-0.3, -0.25) is 4.68 Å². The summed E-state index contributed by atoms with van der Waals surface area (Å²) in [5.41, 5.74) is 6.72. The quantitative estimate of drug-likeness (QED) is 0.832. The van der Waals surface area contributed by atoms with Gasteiger partial charge in [0.15, 0.2) is 0 Å². The molecule has 0 aromatic carbocycles. The number of rotatable bonds is 3. The fraction of sp³-hybridized carbons (Fsp3) is 0.727. The van der Waals surface area contributed by atoms with E-state index in [2.05, 4.69) is 5.10 Å². The molecule has 2 rings (SSSR count). The SMILES string of the molecule is Cc1nn(C)c(C)c1S(=O)(=O)N1CCOC(CN)C1.Cl. The first-order valence-electron chi connectivity index (χ1n) is 6.20. The second kappa shape index (κ2) is 6.40. The van der Waals surface area contributed by atoms with Gasteiger partial charge >= 0.3 is 0 Å². The van der Waals surface area contributed by atoms with Gasteiger partial charge in [-0.25, -0.2) is 8.42 Å². The average molecular weight is 325 g/mol. The summed E-state index contributed by atoms with van der Waals surface area (Å²) in [6.45, 7) is 4.81. The Bertz CT molecular complexity index is 572. The van der Waals surface area contributed by atoms with Crippen molar-refractivity contribution in [2.75, 3.05) is 26.2 Å². The molecule has 9 heteroatoms. The molecule has 1 aliphatic rings. The van der Waals surface area contributed by atoms with Crippen LogP contribution in [-0.4, -0.2) is 54.8 Å². The van der Waals surface area contributed by atoms with E-state index < -0.39 is 10.0 Å². The zero-order chi connectivity index (χ0) is 14.2. The molecule has 1 aliphatic heterocycles. The molecule has 1 fully saturated rings. The predicted octanol–water partition coefficient (Wildman–Crippen LogP) is -0.193. The maximum absolute atomic E-state index is 12.7. The molecule has 0 aliphatic carbocycles. The van der Waals surface area contributed by atoms with Gasteiger partial charge in [0.1, 0.15) is 4.90 Å². The first-order valence-corrected chi connectivity index (χ1v) is 7.64. The lowest BCUT2D eigenvalue weighted by molar-refractivity contribution is 0.00448. The molecule has 116 valence electrons. The van der Waals surface area contributed by atoms with Gasteiger partial charge in [0, 0.05) is 26.7 Å². The standard InChI is InChI=1S/C11H20N4O3S.ClH/c1-8-11(9(2)14(3)13-8)19(16,17)15-4-5-18-10(6-12)7-15;/h10H,4-7,12H2,1-3H3;1H. The number of aryl methyl sites for hydroxylation is 2. The van der Waals surface area contributed by atoms with Gasteiger partial charge in [0.2, 0.25) is 10.0 Å². The first-order chi connectivity index (χ1) is 8.87. The van der Waals surface area contributed by atoms with Crippen LogP contribution in [0.1, 0.15) is 11.4 Å². The Morgan fingerprint density at radius 3 is 2.60 bits per heavy atom. The van der Waals surface area contributed by atoms with Gasteiger partial charge in [-0.2, -0.15) is 9.40 Å². The van der Waals surface area contributed by atoms with E-state index in [1.807, 2.05) is 0 Å². The molecule has 1 unspecified atom stereocenters. The largest absolute Gasteiger partial charge is 0.374 e. The zero-order valence-corrected chi connectivity index (χ0v) is 13.5. The van der Waals surface area contributed by atoms with Crippen molar-refractivity contribution in [2.45, 2.75) is 24.8 Å². The highest BCUT2D eigenvalue weighted by Gasteiger charge is 2.34. The van der Waals surface area contributed by atoms with Crippen LogP contribution in [-0.2, 0) is 21.8 Å². The summed E-state index contributed by atoms with van der Waals surface area (Å²) >= 11 is 0. The lowest BCUT2D eigenvalue weighted by atomic mass is 10.3. The van der Waals surface area contributed by atoms with Crippen LogP contribution < -0.4 is 5.73 Å². The van der Waals surface area contributed by atoms with Crippen molar-refractivity contribution in [3.05, 3.63) is 11.4 Å². The molecule has 0 amide bonds. The third kappa shape index (κ3) is 2.99. The van der Waals surface area contributed by atoms with E-state index in [4.69, 9.17) is 10.5 Å². The van der Waals surface area contributed by atoms with Crippen LogP contribution in [0.15, 0.2) is 4.90 Å². The van der Waals surface area contributed by atoms with Crippen LogP contribution in [0.3, 0.4) is 0 Å². The normalized spacial score (nSPS) is 20.7. The molecule has 2 heterocycles. The van der Waals surface area contributed by atoms with Gasteiger partial charge in [0.25, 0.3) is 0 Å². The number of nitrogens with zero attached hydrogens (tertiary/aromatic N) is 3. The van der Waals surface area contributed by atoms with E-state index in [-0.39, 0.29) is 18.5 Å². The third-order valence-corrected chi connectivity index (χ3v) is 5.52. The Labute approximate surface area is 125 Å². The molecule has 2 N–H and O–H groups in total. The lowest BCUT2D eigenvalue weighted by Gasteiger charge is -2.31. The van der Waals surface area contributed by atoms with Crippen molar-refractivity contribution in [3.8, 4) is 0 Å². The number of nitrogens with two attached hydrogens (primary N) is 1. The van der Waals surface area contributed by atoms with Gasteiger partial charge in [-0.05, 0) is 13.8 Å². The van der Waals surface area contributed by atoms with Crippen LogP contribution >= 0.6 is 12.4 Å². The number of ether oxygens (including phenoxy) is 1. The highest BCUT2D eigenvalue weighted by Crippen LogP contribution is 2.24. The van der Waals surface area contributed by atoms with Gasteiger partial charge in [0.05, 0.1) is 24.1 Å². The van der Waals surface area contributed by atoms with Crippen LogP contribution in [0.2, 0.25) is 0 Å². The summed E-state index contributed by atoms with van der Waals surface area (Å²) in [6.07, 6.45) is -0.235. The van der Waals surface area contributed by atoms with Crippen LogP contribution in [0.4, 0.5) is 0 Å². The minimum absolute atomic E-state index is 0. The van der Waals surface area contributed by atoms with Gasteiger partial charge in [-0.1, -0.05) is 0 Å². The molecule has 7 nitrogen and oxygen atoms in total. The summed E-state index contributed by atoms with van der Waals surface area (Å²) < 4.78 is 33.8. The monoisotopic (exact) mass is 324 g/mol. The van der Waals surface area contributed by atoms with Crippen molar-refractivity contribution in [3.63, 3.8) is 0 Å². The lowest BCUT2D eigenvalue weighted by Crippen LogP contribution is -2.48. The second-order valence-corrected chi connectivity index (χ2v) is 6.59. The van der Waals surface area contributed by atoms with E-state index >= 15 is 0 Å². The van der Waals surface area contributed by atoms with Gasteiger partial charge < -0.3 is 10.5 Å². The van der Waals surface area contributed by atoms with E-state index in [0.717, 1.165) is 0 Å². The number of morpholine rings is 1. The van der Waals surface area contributed by atoms with E-state index in [9.17, 15) is 8.42 Å². The first kappa shape index (κ1) is 17.4. The maximum atomic E-state index is 12.7. The molecular weight excluding hydrogens is 304 g/mol. The summed E-state index contributed by atoms with van der Waals surface area (Å²) in [6, 6.07) is 0. The molecule has 20 heavy (non-hydrogen) atoms. The second-order valence-electron chi connectivity index (χ2n) is 4.72. The van der Waals surface area contributed by atoms with E-state index in [1.54, 1.807) is 25.6 Å². The zero-order valence-electron chi connectivity index (χ0n) is 11.9. The average Bonchev–Trinajstić information content (AvgIpc) is 2.63. The fourth-order valence-corrected chi connectivity index (χ4v) is 4.16. The number of hydrogen-bond acceptors (Lipinski definition) is 5. The fourth-order valence-electron chi connectivity index (χ4n) is 2.31. The molecule has 0 spiro atoms. The summed E-state index contributed by atoms with van der Waals surface area (Å²) in [4.78, 5) is 0.299. The maximum Gasteiger partial charge on any atom is 0.246 e. The minimum atomic E-state index is -3.53. The van der Waals surface area contributed by atoms with Crippen molar-refractivity contribution in [2.24, 2.45) is 12.8 Å². The van der Waals surface area contributed by atoms with Crippen molar-refractivity contribution < 1.29 is 13.2 Å². The number of halogens is 1.